The molecular formula is C29H56N2O5Si3. The minimum Gasteiger partial charge on any atom is -0.414 e. The molecule has 0 saturated carbocycles. The summed E-state index contributed by atoms with van der Waals surface area (Å²) in [5.74, 6) is -0.553. The molecule has 0 spiro atoms. The lowest BCUT2D eigenvalue weighted by Crippen LogP contribution is -2.54. The molecule has 2 N–H and O–H groups in total. The van der Waals surface area contributed by atoms with Gasteiger partial charge in [0.2, 0.25) is 0 Å². The van der Waals surface area contributed by atoms with E-state index in [0.717, 1.165) is 5.56 Å². The first-order valence-electron chi connectivity index (χ1n) is 14.2. The number of nitrogens with zero attached hydrogens (tertiary/aromatic N) is 1. The van der Waals surface area contributed by atoms with E-state index in [0.29, 0.717) is 6.61 Å². The van der Waals surface area contributed by atoms with Crippen molar-refractivity contribution < 1.29 is 22.8 Å². The molecule has 4 atom stereocenters. The second-order valence-electron chi connectivity index (χ2n) is 15.7. The van der Waals surface area contributed by atoms with Crippen LogP contribution in [-0.4, -0.2) is 60.8 Å². The Morgan fingerprint density at radius 1 is 0.821 bits per heavy atom. The summed E-state index contributed by atoms with van der Waals surface area (Å²) in [6.07, 6.45) is 0.341. The number of hydrogen-bond acceptors (Lipinski definition) is 6. The molecule has 0 unspecified atom stereocenters. The highest BCUT2D eigenvalue weighted by Crippen LogP contribution is 2.47. The average molecular weight is 597 g/mol. The van der Waals surface area contributed by atoms with Crippen LogP contribution in [-0.2, 0) is 18.0 Å². The van der Waals surface area contributed by atoms with E-state index in [9.17, 15) is 4.79 Å². The summed E-state index contributed by atoms with van der Waals surface area (Å²) < 4.78 is 27.9. The van der Waals surface area contributed by atoms with Crippen molar-refractivity contribution in [3.8, 4) is 0 Å². The van der Waals surface area contributed by atoms with Gasteiger partial charge in [0.25, 0.3) is 5.91 Å². The highest BCUT2D eigenvalue weighted by molar-refractivity contribution is 6.75. The van der Waals surface area contributed by atoms with Gasteiger partial charge in [0.05, 0.1) is 6.61 Å². The Balaban J connectivity index is 2.61. The van der Waals surface area contributed by atoms with Crippen LogP contribution in [0.3, 0.4) is 0 Å². The molecule has 1 aliphatic heterocycles. The number of carbonyl (C=O) groups excluding carboxylic acids is 1. The number of rotatable bonds is 9. The van der Waals surface area contributed by atoms with Gasteiger partial charge < -0.3 is 23.7 Å². The van der Waals surface area contributed by atoms with E-state index >= 15 is 0 Å². The van der Waals surface area contributed by atoms with Crippen LogP contribution in [0.25, 0.3) is 0 Å². The number of amides is 1. The first kappa shape index (κ1) is 34.3. The summed E-state index contributed by atoms with van der Waals surface area (Å²) >= 11 is 0. The summed E-state index contributed by atoms with van der Waals surface area (Å²) in [7, 11) is -6.47. The van der Waals surface area contributed by atoms with Gasteiger partial charge in [-0.1, -0.05) is 68.4 Å². The molecule has 2 rings (SSSR count). The van der Waals surface area contributed by atoms with Crippen molar-refractivity contribution >= 4 is 30.9 Å². The molecule has 1 aromatic heterocycles. The Morgan fingerprint density at radius 2 is 1.28 bits per heavy atom. The lowest BCUT2D eigenvalue weighted by atomic mass is 10.0. The van der Waals surface area contributed by atoms with Gasteiger partial charge in [0.1, 0.15) is 30.1 Å². The summed E-state index contributed by atoms with van der Waals surface area (Å²) in [5.41, 5.74) is 6.54. The first-order valence-corrected chi connectivity index (χ1v) is 22.9. The van der Waals surface area contributed by atoms with Crippen LogP contribution in [0.4, 0.5) is 0 Å². The number of primary amides is 1. The average Bonchev–Trinajstić information content (AvgIpc) is 3.06. The smallest absolute Gasteiger partial charge is 0.267 e. The summed E-state index contributed by atoms with van der Waals surface area (Å²) in [5, 5.41) is 0.0946. The molecule has 1 fully saturated rings. The molecule has 1 aliphatic rings. The molecule has 0 aliphatic carbocycles. The zero-order chi connectivity index (χ0) is 30.4. The van der Waals surface area contributed by atoms with Crippen LogP contribution in [0.5, 0.6) is 0 Å². The number of nitrogens with two attached hydrogens (primary N) is 1. The zero-order valence-corrected chi connectivity index (χ0v) is 30.3. The van der Waals surface area contributed by atoms with Gasteiger partial charge in [0.15, 0.2) is 25.0 Å². The Bertz CT molecular complexity index is 992. The van der Waals surface area contributed by atoms with Gasteiger partial charge in [0, 0.05) is 11.8 Å². The number of aromatic nitrogens is 1. The standard InChI is InChI=1S/C29H56N2O5Si3/c1-27(2,3)37(10,11)33-19-22-24(35-38(12,13)28(4,5)6)25(36-39(14,15)29(7,8)9)23(34-22)20-16-17-21(26(30)32)31-18-20/h16-18,22-25H,19H2,1-15H3,(H2,30,32)/t22-,23+,24-,25+/m1/s1. The maximum Gasteiger partial charge on any atom is 0.267 e. The van der Waals surface area contributed by atoms with Gasteiger partial charge in [-0.3, -0.25) is 9.78 Å². The van der Waals surface area contributed by atoms with Gasteiger partial charge in [-0.05, 0) is 60.5 Å². The molecule has 0 radical (unpaired) electrons. The van der Waals surface area contributed by atoms with Gasteiger partial charge in [-0.25, -0.2) is 0 Å². The third kappa shape index (κ3) is 7.90. The summed E-state index contributed by atoms with van der Waals surface area (Å²) in [6, 6.07) is 3.54. The predicted molar refractivity (Wildman–Crippen MR) is 168 cm³/mol. The fourth-order valence-corrected chi connectivity index (χ4v) is 7.29. The fraction of sp³-hybridized carbons (Fsp3) is 0.793. The summed E-state index contributed by atoms with van der Waals surface area (Å²) in [6.45, 7) is 34.3. The van der Waals surface area contributed by atoms with E-state index in [4.69, 9.17) is 23.7 Å². The Morgan fingerprint density at radius 3 is 1.67 bits per heavy atom. The normalized spacial score (nSPS) is 23.8. The molecule has 10 heteroatoms. The van der Waals surface area contributed by atoms with Crippen molar-refractivity contribution in [2.24, 2.45) is 5.73 Å². The third-order valence-corrected chi connectivity index (χ3v) is 23.0. The summed E-state index contributed by atoms with van der Waals surface area (Å²) in [4.78, 5) is 16.0. The fourth-order valence-electron chi connectivity index (χ4n) is 3.66. The maximum atomic E-state index is 11.7. The number of pyridine rings is 1. The van der Waals surface area contributed by atoms with Crippen LogP contribution in [0, 0.1) is 0 Å². The van der Waals surface area contributed by atoms with Crippen LogP contribution >= 0.6 is 0 Å². The van der Waals surface area contributed by atoms with Gasteiger partial charge >= 0.3 is 0 Å². The van der Waals surface area contributed by atoms with Gasteiger partial charge in [-0.2, -0.15) is 0 Å². The van der Waals surface area contributed by atoms with E-state index in [1.165, 1.54) is 0 Å². The monoisotopic (exact) mass is 596 g/mol. The Kier molecular flexibility index (Phi) is 10.0. The van der Waals surface area contributed by atoms with Crippen molar-refractivity contribution in [2.75, 3.05) is 6.61 Å². The molecule has 1 amide bonds. The van der Waals surface area contributed by atoms with E-state index in [2.05, 4.69) is 107 Å². The molecule has 0 aromatic carbocycles. The van der Waals surface area contributed by atoms with Crippen LogP contribution < -0.4 is 5.73 Å². The highest BCUT2D eigenvalue weighted by Gasteiger charge is 2.54. The van der Waals surface area contributed by atoms with Crippen LogP contribution in [0.1, 0.15) is 84.5 Å². The molecule has 2 heterocycles. The lowest BCUT2D eigenvalue weighted by Gasteiger charge is -2.44. The van der Waals surface area contributed by atoms with E-state index in [1.54, 1.807) is 12.3 Å². The van der Waals surface area contributed by atoms with Crippen LogP contribution in [0.15, 0.2) is 18.3 Å². The van der Waals surface area contributed by atoms with Gasteiger partial charge in [-0.15, -0.1) is 0 Å². The predicted octanol–water partition coefficient (Wildman–Crippen LogP) is 7.42. The largest absolute Gasteiger partial charge is 0.414 e. The topological polar surface area (TPSA) is 92.9 Å². The van der Waals surface area contributed by atoms with Crippen molar-refractivity contribution in [2.45, 2.75) is 141 Å². The Hall–Kier alpha value is -0.889. The first-order chi connectivity index (χ1) is 17.3. The van der Waals surface area contributed by atoms with E-state index in [1.807, 2.05) is 6.07 Å². The van der Waals surface area contributed by atoms with Crippen molar-refractivity contribution in [1.29, 1.82) is 0 Å². The van der Waals surface area contributed by atoms with E-state index in [-0.39, 0.29) is 39.1 Å². The highest BCUT2D eigenvalue weighted by atomic mass is 28.4. The molecule has 1 saturated heterocycles. The van der Waals surface area contributed by atoms with E-state index < -0.39 is 37.0 Å². The van der Waals surface area contributed by atoms with Crippen LogP contribution in [0.2, 0.25) is 54.4 Å². The number of hydrogen-bond donors (Lipinski definition) is 1. The quantitative estimate of drug-likeness (QED) is 0.298. The molecular weight excluding hydrogens is 541 g/mol. The van der Waals surface area contributed by atoms with Crippen molar-refractivity contribution in [3.63, 3.8) is 0 Å². The lowest BCUT2D eigenvalue weighted by molar-refractivity contribution is -0.0173. The number of ether oxygens (including phenoxy) is 1. The molecule has 224 valence electrons. The minimum atomic E-state index is -2.23. The molecule has 39 heavy (non-hydrogen) atoms. The SMILES string of the molecule is CC(C)(C)[Si](C)(C)OC[C@H]1O[C@@H](c2ccc(C(N)=O)nc2)[C@H](O[Si](C)(C)C(C)(C)C)[C@@H]1O[Si](C)(C)C(C)(C)C. The number of carbonyl (C=O) groups is 1. The Labute approximate surface area is 241 Å². The second-order valence-corrected chi connectivity index (χ2v) is 30.0. The molecule has 0 bridgehead atoms. The molecule has 7 nitrogen and oxygen atoms in total. The minimum absolute atomic E-state index is 0.00285. The zero-order valence-electron chi connectivity index (χ0n) is 27.3. The van der Waals surface area contributed by atoms with Crippen molar-refractivity contribution in [3.05, 3.63) is 29.6 Å². The third-order valence-electron chi connectivity index (χ3n) is 9.57. The maximum absolute atomic E-state index is 11.7. The second kappa shape index (κ2) is 11.4. The molecule has 1 aromatic rings. The van der Waals surface area contributed by atoms with Crippen molar-refractivity contribution in [1.82, 2.24) is 4.98 Å².